The lowest BCUT2D eigenvalue weighted by atomic mass is 9.95. The van der Waals surface area contributed by atoms with Crippen molar-refractivity contribution < 1.29 is 0 Å². The quantitative estimate of drug-likeness (QED) is 0.789. The number of hydrogen-bond donors (Lipinski definition) is 0. The highest BCUT2D eigenvalue weighted by molar-refractivity contribution is 9.11. The molecule has 2 heterocycles. The minimum Gasteiger partial charge on any atom is -0.343 e. The van der Waals surface area contributed by atoms with Gasteiger partial charge in [0.1, 0.15) is 0 Å². The Morgan fingerprint density at radius 1 is 1.36 bits per heavy atom. The average Bonchev–Trinajstić information content (AvgIpc) is 2.66. The van der Waals surface area contributed by atoms with Crippen LogP contribution in [0.25, 0.3) is 0 Å². The van der Waals surface area contributed by atoms with Gasteiger partial charge in [-0.15, -0.1) is 10.2 Å². The second kappa shape index (κ2) is 3.77. The van der Waals surface area contributed by atoms with Gasteiger partial charge in [0, 0.05) is 12.6 Å². The summed E-state index contributed by atoms with van der Waals surface area (Å²) in [5, 5.41) is 9.20. The molecule has 14 heavy (non-hydrogen) atoms. The molecular formula is C9H14BrN3S. The normalized spacial score (nSPS) is 32.6. The standard InChI is InChI=1S/C9H14BrN3S/c1-5-4-13(7(3)6(5)2)9-12-11-8(10)14-9/h5-7H,4H2,1-3H3. The highest BCUT2D eigenvalue weighted by atomic mass is 79.9. The van der Waals surface area contributed by atoms with Gasteiger partial charge in [0.2, 0.25) is 5.13 Å². The molecule has 0 aromatic carbocycles. The molecule has 0 N–H and O–H groups in total. The highest BCUT2D eigenvalue weighted by Gasteiger charge is 2.34. The fraction of sp³-hybridized carbons (Fsp3) is 0.778. The minimum absolute atomic E-state index is 0.574. The summed E-state index contributed by atoms with van der Waals surface area (Å²) in [7, 11) is 0. The molecule has 5 heteroatoms. The molecule has 3 nitrogen and oxygen atoms in total. The molecule has 1 aliphatic rings. The second-order valence-corrected chi connectivity index (χ2v) is 6.30. The van der Waals surface area contributed by atoms with Crippen molar-refractivity contribution in [2.45, 2.75) is 26.8 Å². The first-order valence-electron chi connectivity index (χ1n) is 4.85. The first-order valence-corrected chi connectivity index (χ1v) is 6.46. The van der Waals surface area contributed by atoms with Gasteiger partial charge in [-0.25, -0.2) is 0 Å². The Bertz CT molecular complexity index is 328. The molecule has 0 bridgehead atoms. The molecule has 0 amide bonds. The largest absolute Gasteiger partial charge is 0.343 e. The SMILES string of the molecule is CC1CN(c2nnc(Br)s2)C(C)C1C. The number of hydrogen-bond acceptors (Lipinski definition) is 4. The molecule has 0 radical (unpaired) electrons. The Labute approximate surface area is 96.7 Å². The van der Waals surface area contributed by atoms with E-state index in [1.54, 1.807) is 11.3 Å². The van der Waals surface area contributed by atoms with Crippen LogP contribution in [0.2, 0.25) is 0 Å². The van der Waals surface area contributed by atoms with E-state index in [-0.39, 0.29) is 0 Å². The summed E-state index contributed by atoms with van der Waals surface area (Å²) >= 11 is 4.96. The summed E-state index contributed by atoms with van der Waals surface area (Å²) < 4.78 is 0.868. The Hall–Kier alpha value is -0.160. The van der Waals surface area contributed by atoms with E-state index in [0.717, 1.165) is 27.4 Å². The van der Waals surface area contributed by atoms with Gasteiger partial charge in [0.15, 0.2) is 3.92 Å². The summed E-state index contributed by atoms with van der Waals surface area (Å²) in [6, 6.07) is 0.574. The second-order valence-electron chi connectivity index (χ2n) is 4.07. The zero-order valence-electron chi connectivity index (χ0n) is 8.57. The summed E-state index contributed by atoms with van der Waals surface area (Å²) in [5.41, 5.74) is 0. The highest BCUT2D eigenvalue weighted by Crippen LogP contribution is 2.35. The van der Waals surface area contributed by atoms with Crippen molar-refractivity contribution in [2.75, 3.05) is 11.4 Å². The first-order chi connectivity index (χ1) is 6.59. The monoisotopic (exact) mass is 275 g/mol. The van der Waals surface area contributed by atoms with E-state index in [2.05, 4.69) is 51.8 Å². The van der Waals surface area contributed by atoms with Crippen molar-refractivity contribution in [1.29, 1.82) is 0 Å². The van der Waals surface area contributed by atoms with Crippen LogP contribution in [0, 0.1) is 11.8 Å². The third kappa shape index (κ3) is 1.67. The van der Waals surface area contributed by atoms with E-state index < -0.39 is 0 Å². The first kappa shape index (κ1) is 10.4. The van der Waals surface area contributed by atoms with E-state index in [4.69, 9.17) is 0 Å². The van der Waals surface area contributed by atoms with E-state index in [1.807, 2.05) is 0 Å². The summed E-state index contributed by atoms with van der Waals surface area (Å²) in [5.74, 6) is 1.48. The third-order valence-corrected chi connectivity index (χ3v) is 4.66. The number of halogens is 1. The molecule has 1 fully saturated rings. The maximum atomic E-state index is 4.16. The summed E-state index contributed by atoms with van der Waals surface area (Å²) in [4.78, 5) is 2.36. The van der Waals surface area contributed by atoms with Gasteiger partial charge in [0.25, 0.3) is 0 Å². The van der Waals surface area contributed by atoms with Gasteiger partial charge >= 0.3 is 0 Å². The topological polar surface area (TPSA) is 29.0 Å². The lowest BCUT2D eigenvalue weighted by Gasteiger charge is -2.21. The van der Waals surface area contributed by atoms with Crippen LogP contribution in [-0.4, -0.2) is 22.8 Å². The van der Waals surface area contributed by atoms with Gasteiger partial charge in [-0.2, -0.15) is 0 Å². The zero-order chi connectivity index (χ0) is 10.3. The summed E-state index contributed by atoms with van der Waals surface area (Å²) in [6.07, 6.45) is 0. The van der Waals surface area contributed by atoms with Crippen LogP contribution in [-0.2, 0) is 0 Å². The minimum atomic E-state index is 0.574. The van der Waals surface area contributed by atoms with Crippen LogP contribution in [0.15, 0.2) is 3.92 Å². The van der Waals surface area contributed by atoms with Crippen LogP contribution >= 0.6 is 27.3 Å². The van der Waals surface area contributed by atoms with Crippen LogP contribution in [0.4, 0.5) is 5.13 Å². The Morgan fingerprint density at radius 2 is 2.07 bits per heavy atom. The van der Waals surface area contributed by atoms with Gasteiger partial charge < -0.3 is 4.90 Å². The molecule has 78 valence electrons. The molecule has 3 atom stereocenters. The van der Waals surface area contributed by atoms with Crippen LogP contribution < -0.4 is 4.90 Å². The third-order valence-electron chi connectivity index (χ3n) is 3.27. The van der Waals surface area contributed by atoms with Crippen molar-refractivity contribution in [1.82, 2.24) is 10.2 Å². The molecule has 1 aromatic rings. The van der Waals surface area contributed by atoms with Crippen LogP contribution in [0.5, 0.6) is 0 Å². The molecule has 1 aromatic heterocycles. The van der Waals surface area contributed by atoms with Crippen molar-refractivity contribution in [2.24, 2.45) is 11.8 Å². The Morgan fingerprint density at radius 3 is 2.50 bits per heavy atom. The van der Waals surface area contributed by atoms with Crippen molar-refractivity contribution >= 4 is 32.4 Å². The molecule has 0 spiro atoms. The van der Waals surface area contributed by atoms with Crippen molar-refractivity contribution in [3.05, 3.63) is 3.92 Å². The molecule has 2 rings (SSSR count). The molecule has 0 aliphatic carbocycles. The lowest BCUT2D eigenvalue weighted by molar-refractivity contribution is 0.441. The van der Waals surface area contributed by atoms with E-state index in [9.17, 15) is 0 Å². The maximum Gasteiger partial charge on any atom is 0.209 e. The predicted molar refractivity (Wildman–Crippen MR) is 62.7 cm³/mol. The number of rotatable bonds is 1. The van der Waals surface area contributed by atoms with E-state index in [1.165, 1.54) is 0 Å². The molecule has 1 aliphatic heterocycles. The van der Waals surface area contributed by atoms with Gasteiger partial charge in [-0.05, 0) is 34.7 Å². The number of aromatic nitrogens is 2. The fourth-order valence-electron chi connectivity index (χ4n) is 1.97. The van der Waals surface area contributed by atoms with Crippen molar-refractivity contribution in [3.8, 4) is 0 Å². The van der Waals surface area contributed by atoms with E-state index >= 15 is 0 Å². The average molecular weight is 276 g/mol. The number of anilines is 1. The molecule has 3 unspecified atom stereocenters. The molecule has 0 saturated carbocycles. The fourth-order valence-corrected chi connectivity index (χ4v) is 3.15. The zero-order valence-corrected chi connectivity index (χ0v) is 11.0. The Kier molecular flexibility index (Phi) is 2.79. The van der Waals surface area contributed by atoms with E-state index in [0.29, 0.717) is 6.04 Å². The van der Waals surface area contributed by atoms with Crippen molar-refractivity contribution in [3.63, 3.8) is 0 Å². The van der Waals surface area contributed by atoms with Crippen LogP contribution in [0.3, 0.4) is 0 Å². The Balaban J connectivity index is 2.20. The molecular weight excluding hydrogens is 262 g/mol. The number of nitrogens with zero attached hydrogens (tertiary/aromatic N) is 3. The smallest absolute Gasteiger partial charge is 0.209 e. The summed E-state index contributed by atoms with van der Waals surface area (Å²) in [6.45, 7) is 7.98. The van der Waals surface area contributed by atoms with Gasteiger partial charge in [0.05, 0.1) is 0 Å². The maximum absolute atomic E-state index is 4.16. The van der Waals surface area contributed by atoms with Crippen LogP contribution in [0.1, 0.15) is 20.8 Å². The van der Waals surface area contributed by atoms with Gasteiger partial charge in [-0.3, -0.25) is 0 Å². The predicted octanol–water partition coefficient (Wildman–Crippen LogP) is 2.78. The molecule has 1 saturated heterocycles. The van der Waals surface area contributed by atoms with Gasteiger partial charge in [-0.1, -0.05) is 25.2 Å². The lowest BCUT2D eigenvalue weighted by Crippen LogP contribution is -2.28.